The van der Waals surface area contributed by atoms with Gasteiger partial charge in [0.1, 0.15) is 0 Å². The molecule has 316 valence electrons. The van der Waals surface area contributed by atoms with Crippen LogP contribution in [0, 0.1) is 24.2 Å². The molecule has 0 bridgehead atoms. The number of benzene rings is 1. The molecule has 56 heavy (non-hydrogen) atoms. The number of hydrogen-bond donors (Lipinski definition) is 0. The van der Waals surface area contributed by atoms with Gasteiger partial charge in [-0.25, -0.2) is 0 Å². The van der Waals surface area contributed by atoms with Crippen molar-refractivity contribution in [3.63, 3.8) is 0 Å². The van der Waals surface area contributed by atoms with E-state index in [1.165, 1.54) is 205 Å². The zero-order valence-electron chi connectivity index (χ0n) is 37.8. The lowest BCUT2D eigenvalue weighted by Crippen LogP contribution is -2.30. The Morgan fingerprint density at radius 1 is 0.607 bits per heavy atom. The van der Waals surface area contributed by atoms with Gasteiger partial charge in [0.05, 0.1) is 0 Å². The molecule has 3 atom stereocenters. The first kappa shape index (κ1) is 51.5. The molecule has 1 aliphatic carbocycles. The molecule has 2 rings (SSSR count). The topological polar surface area (TPSA) is 0 Å². The summed E-state index contributed by atoms with van der Waals surface area (Å²) in [6.45, 7) is 19.3. The largest absolute Gasteiger partial charge is 0.124 e. The van der Waals surface area contributed by atoms with Crippen LogP contribution in [0.15, 0.2) is 80.0 Å². The highest BCUT2D eigenvalue weighted by atomic mass is 14.4. The smallest absolute Gasteiger partial charge is 0.00517 e. The van der Waals surface area contributed by atoms with Crippen LogP contribution in [-0.2, 0) is 12.8 Å². The van der Waals surface area contributed by atoms with E-state index >= 15 is 0 Å². The first-order valence-corrected chi connectivity index (χ1v) is 24.1. The zero-order chi connectivity index (χ0) is 41.0. The predicted octanol–water partition coefficient (Wildman–Crippen LogP) is 18.5. The summed E-state index contributed by atoms with van der Waals surface area (Å²) >= 11 is 0. The van der Waals surface area contributed by atoms with Crippen molar-refractivity contribution >= 4 is 0 Å². The second kappa shape index (κ2) is 35.6. The normalized spacial score (nSPS) is 18.7. The summed E-state index contributed by atoms with van der Waals surface area (Å²) in [7, 11) is 0. The molecule has 3 unspecified atom stereocenters. The first-order valence-electron chi connectivity index (χ1n) is 24.1. The van der Waals surface area contributed by atoms with Crippen LogP contribution in [0.2, 0.25) is 0 Å². The van der Waals surface area contributed by atoms with E-state index in [4.69, 9.17) is 0 Å². The minimum Gasteiger partial charge on any atom is -0.124 e. The fraction of sp³-hybridized carbons (Fsp3) is 0.679. The average Bonchev–Trinajstić information content (AvgIpc) is 3.21. The molecule has 0 nitrogen and oxygen atoms in total. The van der Waals surface area contributed by atoms with Gasteiger partial charge in [0.25, 0.3) is 0 Å². The van der Waals surface area contributed by atoms with Crippen LogP contribution in [-0.4, -0.2) is 0 Å². The van der Waals surface area contributed by atoms with Gasteiger partial charge in [-0.05, 0) is 117 Å². The van der Waals surface area contributed by atoms with Crippen molar-refractivity contribution < 1.29 is 0 Å². The second-order valence-electron chi connectivity index (χ2n) is 17.7. The highest BCUT2D eigenvalue weighted by Crippen LogP contribution is 2.47. The maximum absolute atomic E-state index is 4.00. The molecule has 0 radical (unpaired) electrons. The summed E-state index contributed by atoms with van der Waals surface area (Å²) in [5.74, 6) is 1.17. The van der Waals surface area contributed by atoms with Gasteiger partial charge in [-0.3, -0.25) is 0 Å². The van der Waals surface area contributed by atoms with Crippen LogP contribution in [0.25, 0.3) is 0 Å². The summed E-state index contributed by atoms with van der Waals surface area (Å²) in [5.41, 5.74) is 6.83. The zero-order valence-corrected chi connectivity index (χ0v) is 37.8. The molecule has 0 heterocycles. The summed E-state index contributed by atoms with van der Waals surface area (Å²) in [6.07, 6.45) is 64.8. The Balaban J connectivity index is 0.00000771. The van der Waals surface area contributed by atoms with Crippen molar-refractivity contribution in [1.29, 1.82) is 0 Å². The van der Waals surface area contributed by atoms with Gasteiger partial charge in [0.2, 0.25) is 0 Å². The molecule has 0 spiro atoms. The molecule has 0 heteroatoms. The molecule has 0 saturated heterocycles. The molecule has 0 N–H and O–H groups in total. The lowest BCUT2D eigenvalue weighted by Gasteiger charge is -2.41. The van der Waals surface area contributed by atoms with Crippen molar-refractivity contribution in [2.24, 2.45) is 11.3 Å². The van der Waals surface area contributed by atoms with Crippen LogP contribution >= 0.6 is 0 Å². The van der Waals surface area contributed by atoms with Gasteiger partial charge < -0.3 is 0 Å². The van der Waals surface area contributed by atoms with Gasteiger partial charge in [-0.2, -0.15) is 0 Å². The Hall–Kier alpha value is -2.52. The van der Waals surface area contributed by atoms with Crippen LogP contribution in [0.4, 0.5) is 0 Å². The monoisotopic (exact) mass is 765 g/mol. The summed E-state index contributed by atoms with van der Waals surface area (Å²) in [4.78, 5) is 0. The van der Waals surface area contributed by atoms with E-state index in [0.717, 1.165) is 0 Å². The molecule has 1 aromatic rings. The van der Waals surface area contributed by atoms with E-state index in [0.29, 0.717) is 11.8 Å². The lowest BCUT2D eigenvalue weighted by atomic mass is 9.64. The average molecular weight is 765 g/mol. The number of allylic oxidation sites excluding steroid dienone is 7. The van der Waals surface area contributed by atoms with Gasteiger partial charge in [0.15, 0.2) is 0 Å². The molecule has 0 saturated carbocycles. The van der Waals surface area contributed by atoms with E-state index in [1.54, 1.807) is 22.3 Å². The molecule has 0 fully saturated rings. The van der Waals surface area contributed by atoms with E-state index < -0.39 is 0 Å². The molecule has 1 aromatic carbocycles. The Morgan fingerprint density at radius 3 is 1.52 bits per heavy atom. The number of hydrogen-bond acceptors (Lipinski definition) is 0. The molecular weight excluding hydrogens is 673 g/mol. The lowest BCUT2D eigenvalue weighted by molar-refractivity contribution is 0.212. The minimum atomic E-state index is 0.148. The number of unbranched alkanes of at least 4 members (excludes halogenated alkanes) is 24. The summed E-state index contributed by atoms with van der Waals surface area (Å²) in [6, 6.07) is 7.42. The molecule has 0 aliphatic heterocycles. The van der Waals surface area contributed by atoms with Crippen LogP contribution in [0.5, 0.6) is 0 Å². The molecule has 0 amide bonds. The van der Waals surface area contributed by atoms with Crippen molar-refractivity contribution in [2.45, 2.75) is 232 Å². The summed E-state index contributed by atoms with van der Waals surface area (Å²) < 4.78 is 0. The fourth-order valence-corrected chi connectivity index (χ4v) is 9.12. The van der Waals surface area contributed by atoms with E-state index in [2.05, 4.69) is 108 Å². The number of fused-ring (bicyclic) bond motifs is 1. The van der Waals surface area contributed by atoms with Gasteiger partial charge in [-0.1, -0.05) is 203 Å². The maximum Gasteiger partial charge on any atom is -0.00517 e. The third-order valence-electron chi connectivity index (χ3n) is 13.3. The number of aryl methyl sites for hydroxylation is 1. The third kappa shape index (κ3) is 23.0. The van der Waals surface area contributed by atoms with Gasteiger partial charge >= 0.3 is 0 Å². The first-order chi connectivity index (χ1) is 27.5. The fourth-order valence-electron chi connectivity index (χ4n) is 9.12. The quantitative estimate of drug-likeness (QED) is 0.0372. The predicted molar refractivity (Wildman–Crippen MR) is 256 cm³/mol. The van der Waals surface area contributed by atoms with Gasteiger partial charge in [-0.15, -0.1) is 32.6 Å². The second-order valence-corrected chi connectivity index (χ2v) is 17.7. The van der Waals surface area contributed by atoms with Crippen LogP contribution in [0.3, 0.4) is 0 Å². The van der Waals surface area contributed by atoms with Crippen molar-refractivity contribution in [3.8, 4) is 12.8 Å². The molecule has 1 aliphatic rings. The highest BCUT2D eigenvalue weighted by Gasteiger charge is 2.36. The Morgan fingerprint density at radius 2 is 1.04 bits per heavy atom. The van der Waals surface area contributed by atoms with E-state index in [9.17, 15) is 0 Å². The Kier molecular flexibility index (Phi) is 32.8. The molecular formula is C56H92. The van der Waals surface area contributed by atoms with Crippen molar-refractivity contribution in [1.82, 2.24) is 0 Å². The van der Waals surface area contributed by atoms with Crippen molar-refractivity contribution in [2.75, 3.05) is 0 Å². The van der Waals surface area contributed by atoms with Crippen LogP contribution in [0.1, 0.15) is 236 Å². The number of terminal acetylenes is 1. The standard InChI is InChI=1S/C54H90.C2H2/c1-7-10-13-16-19-22-25-28-31-34-39-48(4)54(6)47-38-41-50(40-35-32-29-26-23-20-17-14-11-8-2)45-46-53-51(43-37-44-52(53)49(54)5)42-36-33-30-27-24-21-18-15-12-9-3;1-2/h7-9,37-38,41,43-44,47-49H,1-3,10-36,39-40,42,45-46H2,4-6H3;1-2H/b47-38-,50-41-;. The summed E-state index contributed by atoms with van der Waals surface area (Å²) in [5, 5.41) is 0. The molecule has 0 aromatic heterocycles. The van der Waals surface area contributed by atoms with E-state index in [1.807, 2.05) is 0 Å². The SMILES string of the molecule is C#C.C=CCCCCCCCCCC/C1=C/C=C\C(C)(C(C)CCCCCCCCCCC=C)C(C)c2cccc(CCCCCCCCCCC=C)c2CC1. The van der Waals surface area contributed by atoms with Gasteiger partial charge in [0, 0.05) is 0 Å². The van der Waals surface area contributed by atoms with Crippen molar-refractivity contribution in [3.05, 3.63) is 96.7 Å². The maximum atomic E-state index is 4.00. The van der Waals surface area contributed by atoms with E-state index in [-0.39, 0.29) is 5.41 Å². The Bertz CT molecular complexity index is 1190. The Labute approximate surface area is 351 Å². The number of rotatable bonds is 34. The third-order valence-corrected chi connectivity index (χ3v) is 13.3. The highest BCUT2D eigenvalue weighted by molar-refractivity contribution is 5.41. The minimum absolute atomic E-state index is 0.148. The van der Waals surface area contributed by atoms with Crippen LogP contribution < -0.4 is 0 Å².